The molecular formula is C15H11FO. The number of hydrogen-bond donors (Lipinski definition) is 1. The minimum absolute atomic E-state index is 0.328. The minimum atomic E-state index is -0.848. The predicted octanol–water partition coefficient (Wildman–Crippen LogP) is 2.91. The largest absolute Gasteiger partial charge is 0.376 e. The van der Waals surface area contributed by atoms with Crippen LogP contribution in [-0.2, 0) is 0 Å². The average Bonchev–Trinajstić information content (AvgIpc) is 2.37. The maximum absolute atomic E-state index is 12.9. The SMILES string of the molecule is O[C@@H](C#Cc1cccc(F)c1)c1ccccc1. The Morgan fingerprint density at radius 3 is 2.47 bits per heavy atom. The van der Waals surface area contributed by atoms with Gasteiger partial charge >= 0.3 is 0 Å². The molecule has 0 bridgehead atoms. The fourth-order valence-electron chi connectivity index (χ4n) is 1.44. The normalized spacial score (nSPS) is 11.4. The molecule has 0 saturated heterocycles. The fourth-order valence-corrected chi connectivity index (χ4v) is 1.44. The minimum Gasteiger partial charge on any atom is -0.376 e. The maximum atomic E-state index is 12.9. The molecule has 0 aliphatic rings. The second kappa shape index (κ2) is 5.29. The molecule has 1 N–H and O–H groups in total. The number of benzene rings is 2. The highest BCUT2D eigenvalue weighted by atomic mass is 19.1. The molecule has 0 aliphatic carbocycles. The van der Waals surface area contributed by atoms with Gasteiger partial charge in [0.15, 0.2) is 0 Å². The van der Waals surface area contributed by atoms with E-state index in [-0.39, 0.29) is 5.82 Å². The lowest BCUT2D eigenvalue weighted by Gasteiger charge is -2.01. The lowest BCUT2D eigenvalue weighted by atomic mass is 10.1. The van der Waals surface area contributed by atoms with Crippen molar-refractivity contribution in [2.75, 3.05) is 0 Å². The van der Waals surface area contributed by atoms with Crippen molar-refractivity contribution in [2.24, 2.45) is 0 Å². The second-order valence-electron chi connectivity index (χ2n) is 3.59. The molecule has 0 unspecified atom stereocenters. The molecule has 2 aromatic rings. The Morgan fingerprint density at radius 1 is 1.00 bits per heavy atom. The Kier molecular flexibility index (Phi) is 3.54. The van der Waals surface area contributed by atoms with Gasteiger partial charge < -0.3 is 5.11 Å². The van der Waals surface area contributed by atoms with Crippen LogP contribution in [0.1, 0.15) is 17.2 Å². The summed E-state index contributed by atoms with van der Waals surface area (Å²) in [7, 11) is 0. The number of aliphatic hydroxyl groups is 1. The molecule has 0 heterocycles. The van der Waals surface area contributed by atoms with E-state index in [4.69, 9.17) is 0 Å². The lowest BCUT2D eigenvalue weighted by molar-refractivity contribution is 0.238. The molecule has 2 heteroatoms. The van der Waals surface area contributed by atoms with Gasteiger partial charge in [-0.15, -0.1) is 0 Å². The van der Waals surface area contributed by atoms with Crippen molar-refractivity contribution in [3.8, 4) is 11.8 Å². The number of halogens is 1. The molecule has 0 amide bonds. The van der Waals surface area contributed by atoms with Crippen molar-refractivity contribution in [1.82, 2.24) is 0 Å². The molecule has 0 aliphatic heterocycles. The van der Waals surface area contributed by atoms with Gasteiger partial charge in [-0.1, -0.05) is 48.2 Å². The summed E-state index contributed by atoms with van der Waals surface area (Å²) < 4.78 is 12.9. The van der Waals surface area contributed by atoms with Crippen molar-refractivity contribution in [3.05, 3.63) is 71.5 Å². The zero-order chi connectivity index (χ0) is 12.1. The van der Waals surface area contributed by atoms with Crippen molar-refractivity contribution < 1.29 is 9.50 Å². The van der Waals surface area contributed by atoms with Crippen LogP contribution >= 0.6 is 0 Å². The average molecular weight is 226 g/mol. The Balaban J connectivity index is 2.17. The highest BCUT2D eigenvalue weighted by molar-refractivity contribution is 5.36. The van der Waals surface area contributed by atoms with E-state index in [0.29, 0.717) is 5.56 Å². The summed E-state index contributed by atoms with van der Waals surface area (Å²) >= 11 is 0. The van der Waals surface area contributed by atoms with E-state index in [1.54, 1.807) is 24.3 Å². The molecule has 0 aromatic heterocycles. The first-order valence-corrected chi connectivity index (χ1v) is 5.26. The van der Waals surface area contributed by atoms with E-state index in [0.717, 1.165) is 5.56 Å². The highest BCUT2D eigenvalue weighted by Gasteiger charge is 2.01. The van der Waals surface area contributed by atoms with Gasteiger partial charge in [0, 0.05) is 5.56 Å². The van der Waals surface area contributed by atoms with Gasteiger partial charge in [-0.25, -0.2) is 4.39 Å². The molecule has 1 atom stereocenters. The number of aliphatic hydroxyl groups excluding tert-OH is 1. The van der Waals surface area contributed by atoms with Crippen molar-refractivity contribution >= 4 is 0 Å². The summed E-state index contributed by atoms with van der Waals surface area (Å²) in [5.41, 5.74) is 1.29. The van der Waals surface area contributed by atoms with Crippen LogP contribution in [0.15, 0.2) is 54.6 Å². The van der Waals surface area contributed by atoms with Crippen molar-refractivity contribution in [3.63, 3.8) is 0 Å². The second-order valence-corrected chi connectivity index (χ2v) is 3.59. The molecule has 0 radical (unpaired) electrons. The Labute approximate surface area is 99.5 Å². The first kappa shape index (κ1) is 11.4. The van der Waals surface area contributed by atoms with Crippen LogP contribution in [0.25, 0.3) is 0 Å². The maximum Gasteiger partial charge on any atom is 0.140 e. The van der Waals surface area contributed by atoms with Gasteiger partial charge in [0.2, 0.25) is 0 Å². The number of hydrogen-bond acceptors (Lipinski definition) is 1. The smallest absolute Gasteiger partial charge is 0.140 e. The predicted molar refractivity (Wildman–Crippen MR) is 64.7 cm³/mol. The third-order valence-electron chi connectivity index (χ3n) is 2.29. The van der Waals surface area contributed by atoms with E-state index in [2.05, 4.69) is 11.8 Å². The van der Waals surface area contributed by atoms with E-state index in [1.165, 1.54) is 12.1 Å². The number of rotatable bonds is 1. The highest BCUT2D eigenvalue weighted by Crippen LogP contribution is 2.11. The van der Waals surface area contributed by atoms with Gasteiger partial charge in [0.25, 0.3) is 0 Å². The van der Waals surface area contributed by atoms with Gasteiger partial charge in [-0.2, -0.15) is 0 Å². The molecule has 17 heavy (non-hydrogen) atoms. The zero-order valence-corrected chi connectivity index (χ0v) is 9.10. The zero-order valence-electron chi connectivity index (χ0n) is 9.10. The standard InChI is InChI=1S/C15H11FO/c16-14-8-4-5-12(11-14)9-10-15(17)13-6-2-1-3-7-13/h1-8,11,15,17H/t15-/m0/s1. The molecule has 0 fully saturated rings. The van der Waals surface area contributed by atoms with Gasteiger partial charge in [-0.05, 0) is 23.8 Å². The molecule has 2 aromatic carbocycles. The van der Waals surface area contributed by atoms with Gasteiger partial charge in [-0.3, -0.25) is 0 Å². The van der Waals surface area contributed by atoms with E-state index >= 15 is 0 Å². The van der Waals surface area contributed by atoms with Crippen LogP contribution in [0.4, 0.5) is 4.39 Å². The molecule has 1 nitrogen and oxygen atoms in total. The van der Waals surface area contributed by atoms with E-state index in [9.17, 15) is 9.50 Å². The van der Waals surface area contributed by atoms with Gasteiger partial charge in [0.1, 0.15) is 11.9 Å². The third kappa shape index (κ3) is 3.17. The lowest BCUT2D eigenvalue weighted by Crippen LogP contribution is -1.92. The summed E-state index contributed by atoms with van der Waals surface area (Å²) in [4.78, 5) is 0. The summed E-state index contributed by atoms with van der Waals surface area (Å²) in [6, 6.07) is 15.1. The molecule has 84 valence electrons. The summed E-state index contributed by atoms with van der Waals surface area (Å²) in [6.45, 7) is 0. The first-order chi connectivity index (χ1) is 8.25. The van der Waals surface area contributed by atoms with Crippen LogP contribution < -0.4 is 0 Å². The molecule has 0 saturated carbocycles. The first-order valence-electron chi connectivity index (χ1n) is 5.26. The van der Waals surface area contributed by atoms with Crippen LogP contribution in [0.3, 0.4) is 0 Å². The Hall–Kier alpha value is -2.11. The van der Waals surface area contributed by atoms with Crippen LogP contribution in [0, 0.1) is 17.7 Å². The summed E-state index contributed by atoms with van der Waals surface area (Å²) in [5.74, 6) is 5.10. The van der Waals surface area contributed by atoms with Crippen LogP contribution in [0.5, 0.6) is 0 Å². The summed E-state index contributed by atoms with van der Waals surface area (Å²) in [5, 5.41) is 9.78. The van der Waals surface area contributed by atoms with Crippen LogP contribution in [0.2, 0.25) is 0 Å². The molecule has 0 spiro atoms. The van der Waals surface area contributed by atoms with Crippen molar-refractivity contribution in [1.29, 1.82) is 0 Å². The van der Waals surface area contributed by atoms with Crippen LogP contribution in [-0.4, -0.2) is 5.11 Å². The fraction of sp³-hybridized carbons (Fsp3) is 0.0667. The monoisotopic (exact) mass is 226 g/mol. The van der Waals surface area contributed by atoms with Crippen molar-refractivity contribution in [2.45, 2.75) is 6.10 Å². The van der Waals surface area contributed by atoms with Gasteiger partial charge in [0.05, 0.1) is 0 Å². The Morgan fingerprint density at radius 2 is 1.76 bits per heavy atom. The quantitative estimate of drug-likeness (QED) is 0.741. The molecular weight excluding hydrogens is 215 g/mol. The van der Waals surface area contributed by atoms with E-state index in [1.807, 2.05) is 18.2 Å². The Bertz CT molecular complexity index is 552. The molecule has 2 rings (SSSR count). The third-order valence-corrected chi connectivity index (χ3v) is 2.29. The topological polar surface area (TPSA) is 20.2 Å². The summed E-state index contributed by atoms with van der Waals surface area (Å²) in [6.07, 6.45) is -0.848. The van der Waals surface area contributed by atoms with E-state index < -0.39 is 6.10 Å².